The van der Waals surface area contributed by atoms with Crippen LogP contribution in [0.1, 0.15) is 17.0 Å². The SMILES string of the molecule is COCCN(CC(=O)Nc1cc(C)cc(C)c1)Cc1nnc(-c2cccs2)o1. The molecule has 0 aliphatic carbocycles. The van der Waals surface area contributed by atoms with Gasteiger partial charge in [-0.05, 0) is 48.6 Å². The molecule has 0 unspecified atom stereocenters. The van der Waals surface area contributed by atoms with Crippen LogP contribution in [-0.2, 0) is 16.1 Å². The number of rotatable bonds is 9. The minimum atomic E-state index is -0.0981. The molecule has 1 aromatic carbocycles. The first kappa shape index (κ1) is 20.2. The monoisotopic (exact) mass is 400 g/mol. The maximum absolute atomic E-state index is 12.5. The summed E-state index contributed by atoms with van der Waals surface area (Å²) in [4.78, 5) is 15.4. The number of carbonyl (C=O) groups excluding carboxylic acids is 1. The molecule has 0 saturated carbocycles. The van der Waals surface area contributed by atoms with Gasteiger partial charge in [-0.2, -0.15) is 0 Å². The lowest BCUT2D eigenvalue weighted by Gasteiger charge is -2.19. The van der Waals surface area contributed by atoms with Crippen LogP contribution in [0.2, 0.25) is 0 Å². The van der Waals surface area contributed by atoms with Gasteiger partial charge in [-0.1, -0.05) is 12.1 Å². The zero-order chi connectivity index (χ0) is 19.9. The maximum atomic E-state index is 12.5. The molecule has 0 atom stereocenters. The lowest BCUT2D eigenvalue weighted by atomic mass is 10.1. The maximum Gasteiger partial charge on any atom is 0.257 e. The van der Waals surface area contributed by atoms with Crippen molar-refractivity contribution >= 4 is 22.9 Å². The Morgan fingerprint density at radius 1 is 1.25 bits per heavy atom. The van der Waals surface area contributed by atoms with Gasteiger partial charge in [-0.3, -0.25) is 9.69 Å². The molecule has 8 heteroatoms. The van der Waals surface area contributed by atoms with Gasteiger partial charge in [0.15, 0.2) is 0 Å². The molecule has 0 radical (unpaired) electrons. The predicted molar refractivity (Wildman–Crippen MR) is 109 cm³/mol. The summed E-state index contributed by atoms with van der Waals surface area (Å²) in [7, 11) is 1.63. The van der Waals surface area contributed by atoms with Crippen LogP contribution in [0.3, 0.4) is 0 Å². The van der Waals surface area contributed by atoms with Crippen LogP contribution >= 0.6 is 11.3 Å². The number of nitrogens with zero attached hydrogens (tertiary/aromatic N) is 3. The van der Waals surface area contributed by atoms with E-state index >= 15 is 0 Å². The van der Waals surface area contributed by atoms with Gasteiger partial charge in [0.25, 0.3) is 5.89 Å². The Bertz CT molecular complexity index is 888. The lowest BCUT2D eigenvalue weighted by Crippen LogP contribution is -2.35. The summed E-state index contributed by atoms with van der Waals surface area (Å²) in [6.07, 6.45) is 0. The number of carbonyl (C=O) groups is 1. The molecule has 0 spiro atoms. The van der Waals surface area contributed by atoms with Crippen molar-refractivity contribution in [1.29, 1.82) is 0 Å². The van der Waals surface area contributed by atoms with Gasteiger partial charge in [0.1, 0.15) is 0 Å². The molecule has 2 heterocycles. The van der Waals surface area contributed by atoms with Crippen molar-refractivity contribution < 1.29 is 13.9 Å². The van der Waals surface area contributed by atoms with Crippen LogP contribution in [0.4, 0.5) is 5.69 Å². The van der Waals surface area contributed by atoms with E-state index in [1.165, 1.54) is 0 Å². The Balaban J connectivity index is 1.63. The van der Waals surface area contributed by atoms with Crippen LogP contribution in [0, 0.1) is 13.8 Å². The molecule has 0 aliphatic rings. The molecule has 2 aromatic heterocycles. The Kier molecular flexibility index (Phi) is 6.91. The summed E-state index contributed by atoms with van der Waals surface area (Å²) in [5.41, 5.74) is 3.02. The molecule has 3 aromatic rings. The smallest absolute Gasteiger partial charge is 0.257 e. The number of aromatic nitrogens is 2. The number of thiophene rings is 1. The van der Waals surface area contributed by atoms with Crippen LogP contribution in [-0.4, -0.2) is 47.8 Å². The number of nitrogens with one attached hydrogen (secondary N) is 1. The number of methoxy groups -OCH3 is 1. The van der Waals surface area contributed by atoms with Crippen LogP contribution in [0.15, 0.2) is 40.1 Å². The number of anilines is 1. The molecule has 0 saturated heterocycles. The zero-order valence-electron chi connectivity index (χ0n) is 16.3. The van der Waals surface area contributed by atoms with Crippen molar-refractivity contribution in [2.75, 3.05) is 32.1 Å². The van der Waals surface area contributed by atoms with Crippen LogP contribution < -0.4 is 5.32 Å². The van der Waals surface area contributed by atoms with Crippen molar-refractivity contribution in [2.45, 2.75) is 20.4 Å². The number of ether oxygens (including phenoxy) is 1. The van der Waals surface area contributed by atoms with E-state index in [-0.39, 0.29) is 12.5 Å². The first-order chi connectivity index (χ1) is 13.5. The van der Waals surface area contributed by atoms with Gasteiger partial charge in [0, 0.05) is 19.3 Å². The largest absolute Gasteiger partial charge is 0.419 e. The first-order valence-corrected chi connectivity index (χ1v) is 9.87. The van der Waals surface area contributed by atoms with Gasteiger partial charge in [-0.25, -0.2) is 0 Å². The minimum Gasteiger partial charge on any atom is -0.419 e. The normalized spacial score (nSPS) is 11.1. The Hall–Kier alpha value is -2.55. The van der Waals surface area contributed by atoms with E-state index in [2.05, 4.69) is 21.6 Å². The van der Waals surface area contributed by atoms with Crippen molar-refractivity contribution in [2.24, 2.45) is 0 Å². The van der Waals surface area contributed by atoms with Crippen molar-refractivity contribution in [3.05, 3.63) is 52.7 Å². The highest BCUT2D eigenvalue weighted by molar-refractivity contribution is 7.13. The molecule has 3 rings (SSSR count). The second-order valence-electron chi connectivity index (χ2n) is 6.61. The minimum absolute atomic E-state index is 0.0981. The van der Waals surface area contributed by atoms with Gasteiger partial charge >= 0.3 is 0 Å². The summed E-state index contributed by atoms with van der Waals surface area (Å²) in [5.74, 6) is 0.870. The van der Waals surface area contributed by atoms with E-state index in [0.29, 0.717) is 31.5 Å². The van der Waals surface area contributed by atoms with E-state index in [4.69, 9.17) is 9.15 Å². The average molecular weight is 401 g/mol. The number of benzene rings is 1. The molecule has 1 amide bonds. The second kappa shape index (κ2) is 9.59. The number of amides is 1. The van der Waals surface area contributed by atoms with E-state index in [0.717, 1.165) is 21.7 Å². The average Bonchev–Trinajstić information content (AvgIpc) is 3.30. The number of hydrogen-bond donors (Lipinski definition) is 1. The van der Waals surface area contributed by atoms with Gasteiger partial charge in [-0.15, -0.1) is 21.5 Å². The lowest BCUT2D eigenvalue weighted by molar-refractivity contribution is -0.117. The Labute approximate surface area is 168 Å². The van der Waals surface area contributed by atoms with E-state index in [1.54, 1.807) is 18.4 Å². The molecule has 0 aliphatic heterocycles. The van der Waals surface area contributed by atoms with Crippen molar-refractivity contribution in [3.63, 3.8) is 0 Å². The standard InChI is InChI=1S/C20H24N4O3S/c1-14-9-15(2)11-16(10-14)21-18(25)12-24(6-7-26-3)13-19-22-23-20(27-19)17-5-4-8-28-17/h4-5,8-11H,6-7,12-13H2,1-3H3,(H,21,25). The van der Waals surface area contributed by atoms with E-state index in [9.17, 15) is 4.79 Å². The molecular formula is C20H24N4O3S. The van der Waals surface area contributed by atoms with E-state index < -0.39 is 0 Å². The zero-order valence-corrected chi connectivity index (χ0v) is 17.1. The van der Waals surface area contributed by atoms with Gasteiger partial charge in [0.2, 0.25) is 11.8 Å². The third kappa shape index (κ3) is 5.72. The molecule has 1 N–H and O–H groups in total. The molecule has 0 fully saturated rings. The summed E-state index contributed by atoms with van der Waals surface area (Å²) in [6, 6.07) is 9.85. The molecule has 7 nitrogen and oxygen atoms in total. The summed E-state index contributed by atoms with van der Waals surface area (Å²) < 4.78 is 10.9. The summed E-state index contributed by atoms with van der Waals surface area (Å²) in [6.45, 7) is 5.67. The van der Waals surface area contributed by atoms with Crippen LogP contribution in [0.5, 0.6) is 0 Å². The van der Waals surface area contributed by atoms with Crippen LogP contribution in [0.25, 0.3) is 10.8 Å². The van der Waals surface area contributed by atoms with Gasteiger partial charge in [0.05, 0.1) is 24.6 Å². The number of aryl methyl sites for hydroxylation is 2. The molecule has 148 valence electrons. The predicted octanol–water partition coefficient (Wildman–Crippen LogP) is 3.50. The summed E-state index contributed by atoms with van der Waals surface area (Å²) >= 11 is 1.54. The quantitative estimate of drug-likeness (QED) is 0.592. The van der Waals surface area contributed by atoms with E-state index in [1.807, 2.05) is 48.4 Å². The highest BCUT2D eigenvalue weighted by atomic mass is 32.1. The highest BCUT2D eigenvalue weighted by Gasteiger charge is 2.16. The topological polar surface area (TPSA) is 80.5 Å². The fourth-order valence-corrected chi connectivity index (χ4v) is 3.54. The first-order valence-electron chi connectivity index (χ1n) is 8.99. The third-order valence-electron chi connectivity index (χ3n) is 4.04. The summed E-state index contributed by atoms with van der Waals surface area (Å²) in [5, 5.41) is 13.1. The van der Waals surface area contributed by atoms with Crippen molar-refractivity contribution in [3.8, 4) is 10.8 Å². The molecular weight excluding hydrogens is 376 g/mol. The third-order valence-corrected chi connectivity index (χ3v) is 4.90. The number of hydrogen-bond acceptors (Lipinski definition) is 7. The highest BCUT2D eigenvalue weighted by Crippen LogP contribution is 2.23. The Morgan fingerprint density at radius 2 is 2.04 bits per heavy atom. The fraction of sp³-hybridized carbons (Fsp3) is 0.350. The fourth-order valence-electron chi connectivity index (χ4n) is 2.89. The molecule has 0 bridgehead atoms. The van der Waals surface area contributed by atoms with Gasteiger partial charge < -0.3 is 14.5 Å². The second-order valence-corrected chi connectivity index (χ2v) is 7.55. The Morgan fingerprint density at radius 3 is 2.71 bits per heavy atom. The van der Waals surface area contributed by atoms with Crippen molar-refractivity contribution in [1.82, 2.24) is 15.1 Å². The molecule has 28 heavy (non-hydrogen) atoms.